The highest BCUT2D eigenvalue weighted by atomic mass is 35.5. The van der Waals surface area contributed by atoms with Crippen LogP contribution in [0.5, 0.6) is 0 Å². The Kier molecular flexibility index (Phi) is 7.15. The molecule has 2 aliphatic rings. The number of anilines is 2. The molecule has 0 unspecified atom stereocenters. The maximum atomic E-state index is 13.6. The number of benzene rings is 2. The number of aromatic nitrogens is 2. The first-order valence-electron chi connectivity index (χ1n) is 12.4. The number of amides is 1. The molecule has 196 valence electrons. The molecule has 37 heavy (non-hydrogen) atoms. The van der Waals surface area contributed by atoms with Crippen LogP contribution in [0.25, 0.3) is 0 Å². The Labute approximate surface area is 222 Å². The summed E-state index contributed by atoms with van der Waals surface area (Å²) in [6, 6.07) is 15.8. The summed E-state index contributed by atoms with van der Waals surface area (Å²) in [5, 5.41) is 4.72. The molecule has 11 heteroatoms. The van der Waals surface area contributed by atoms with Gasteiger partial charge in [-0.15, -0.1) is 0 Å². The van der Waals surface area contributed by atoms with E-state index >= 15 is 0 Å². The van der Waals surface area contributed by atoms with Crippen molar-refractivity contribution in [3.63, 3.8) is 0 Å². The highest BCUT2D eigenvalue weighted by Crippen LogP contribution is 2.28. The van der Waals surface area contributed by atoms with Gasteiger partial charge in [0.2, 0.25) is 5.03 Å². The number of halogens is 1. The molecule has 0 N–H and O–H groups in total. The van der Waals surface area contributed by atoms with E-state index in [-0.39, 0.29) is 16.5 Å². The van der Waals surface area contributed by atoms with Gasteiger partial charge in [-0.25, -0.2) is 8.42 Å². The van der Waals surface area contributed by atoms with E-state index in [1.807, 2.05) is 43.3 Å². The second-order valence-corrected chi connectivity index (χ2v) is 11.7. The highest BCUT2D eigenvalue weighted by molar-refractivity contribution is 7.89. The van der Waals surface area contributed by atoms with Crippen LogP contribution in [0.4, 0.5) is 11.4 Å². The fraction of sp³-hybridized carbons (Fsp3) is 0.385. The number of nitrogens with zero attached hydrogens (tertiary/aromatic N) is 6. The Bertz CT molecular complexity index is 1380. The van der Waals surface area contributed by atoms with Gasteiger partial charge in [0.1, 0.15) is 0 Å². The van der Waals surface area contributed by atoms with Crippen LogP contribution >= 0.6 is 11.6 Å². The number of hydrogen-bond donors (Lipinski definition) is 0. The molecule has 0 radical (unpaired) electrons. The summed E-state index contributed by atoms with van der Waals surface area (Å²) in [5.74, 6) is -0.299. The van der Waals surface area contributed by atoms with E-state index in [0.717, 1.165) is 16.9 Å². The predicted octanol–water partition coefficient (Wildman–Crippen LogP) is 2.86. The molecule has 3 heterocycles. The number of carbonyl (C=O) groups excluding carboxylic acids is 1. The summed E-state index contributed by atoms with van der Waals surface area (Å²) in [6.07, 6.45) is 1.52. The van der Waals surface area contributed by atoms with Crippen LogP contribution in [-0.4, -0.2) is 85.7 Å². The number of hydrogen-bond acceptors (Lipinski definition) is 6. The third-order valence-electron chi connectivity index (χ3n) is 7.05. The van der Waals surface area contributed by atoms with Crippen LogP contribution in [0.15, 0.2) is 59.8 Å². The maximum absolute atomic E-state index is 13.6. The SMILES string of the molecule is Cc1ccc(Cl)cc1N1CCN(S(=O)(=O)c2nn(C)cc2C(=O)N2CCN(c3ccccc3)CC2)CC1. The van der Waals surface area contributed by atoms with Gasteiger partial charge < -0.3 is 14.7 Å². The molecule has 3 aromatic rings. The van der Waals surface area contributed by atoms with Crippen molar-refractivity contribution in [2.75, 3.05) is 62.2 Å². The smallest absolute Gasteiger partial charge is 0.263 e. The minimum absolute atomic E-state index is 0.128. The second-order valence-electron chi connectivity index (χ2n) is 9.46. The Balaban J connectivity index is 1.29. The fourth-order valence-electron chi connectivity index (χ4n) is 5.00. The fourth-order valence-corrected chi connectivity index (χ4v) is 6.70. The lowest BCUT2D eigenvalue weighted by atomic mass is 10.1. The standard InChI is InChI=1S/C26H31ClN6O3S/c1-20-8-9-21(27)18-24(20)31-14-16-33(17-15-31)37(35,36)25-23(19-29(2)28-25)26(34)32-12-10-30(11-13-32)22-6-4-3-5-7-22/h3-9,18-19H,10-17H2,1-2H3. The summed E-state index contributed by atoms with van der Waals surface area (Å²) in [4.78, 5) is 19.6. The molecule has 2 aliphatic heterocycles. The molecular formula is C26H31ClN6O3S. The van der Waals surface area contributed by atoms with Gasteiger partial charge in [0.25, 0.3) is 15.9 Å². The average molecular weight is 543 g/mol. The van der Waals surface area contributed by atoms with Crippen molar-refractivity contribution < 1.29 is 13.2 Å². The molecule has 0 saturated carbocycles. The summed E-state index contributed by atoms with van der Waals surface area (Å²) in [5.41, 5.74) is 3.34. The van der Waals surface area contributed by atoms with E-state index in [1.165, 1.54) is 15.2 Å². The molecular weight excluding hydrogens is 512 g/mol. The van der Waals surface area contributed by atoms with Gasteiger partial charge in [0.15, 0.2) is 0 Å². The first-order valence-corrected chi connectivity index (χ1v) is 14.2. The molecule has 2 saturated heterocycles. The maximum Gasteiger partial charge on any atom is 0.263 e. The van der Waals surface area contributed by atoms with Crippen molar-refractivity contribution in [1.29, 1.82) is 0 Å². The Hall–Kier alpha value is -3.08. The molecule has 2 aromatic carbocycles. The normalized spacial score (nSPS) is 17.3. The average Bonchev–Trinajstić information content (AvgIpc) is 3.33. The lowest BCUT2D eigenvalue weighted by molar-refractivity contribution is 0.0742. The zero-order valence-electron chi connectivity index (χ0n) is 21.0. The van der Waals surface area contributed by atoms with Crippen LogP contribution in [-0.2, 0) is 17.1 Å². The number of piperazine rings is 2. The first-order chi connectivity index (χ1) is 17.7. The minimum atomic E-state index is -3.94. The van der Waals surface area contributed by atoms with Crippen molar-refractivity contribution in [2.45, 2.75) is 11.9 Å². The monoisotopic (exact) mass is 542 g/mol. The van der Waals surface area contributed by atoms with E-state index in [9.17, 15) is 13.2 Å². The van der Waals surface area contributed by atoms with Gasteiger partial charge in [0, 0.05) is 82.0 Å². The second kappa shape index (κ2) is 10.4. The van der Waals surface area contributed by atoms with Gasteiger partial charge in [-0.05, 0) is 36.8 Å². The zero-order valence-corrected chi connectivity index (χ0v) is 22.6. The number of sulfonamides is 1. The van der Waals surface area contributed by atoms with Gasteiger partial charge in [-0.3, -0.25) is 9.48 Å². The molecule has 0 bridgehead atoms. The summed E-state index contributed by atoms with van der Waals surface area (Å²) in [6.45, 7) is 6.06. The third-order valence-corrected chi connectivity index (χ3v) is 9.12. The van der Waals surface area contributed by atoms with Crippen molar-refractivity contribution in [2.24, 2.45) is 7.05 Å². The number of para-hydroxylation sites is 1. The van der Waals surface area contributed by atoms with Crippen molar-refractivity contribution in [1.82, 2.24) is 19.0 Å². The van der Waals surface area contributed by atoms with E-state index in [0.29, 0.717) is 57.4 Å². The minimum Gasteiger partial charge on any atom is -0.369 e. The lowest BCUT2D eigenvalue weighted by Crippen LogP contribution is -2.50. The molecule has 1 amide bonds. The number of aryl methyl sites for hydroxylation is 2. The Morgan fingerprint density at radius 2 is 1.54 bits per heavy atom. The van der Waals surface area contributed by atoms with E-state index in [2.05, 4.69) is 27.0 Å². The zero-order chi connectivity index (χ0) is 26.2. The molecule has 1 aromatic heterocycles. The largest absolute Gasteiger partial charge is 0.369 e. The molecule has 0 aliphatic carbocycles. The van der Waals surface area contributed by atoms with Crippen LogP contribution in [0.2, 0.25) is 5.02 Å². The van der Waals surface area contributed by atoms with Gasteiger partial charge >= 0.3 is 0 Å². The van der Waals surface area contributed by atoms with Gasteiger partial charge in [-0.2, -0.15) is 9.40 Å². The molecule has 5 rings (SSSR count). The molecule has 0 atom stereocenters. The topological polar surface area (TPSA) is 82.0 Å². The van der Waals surface area contributed by atoms with Crippen molar-refractivity contribution >= 4 is 38.9 Å². The Morgan fingerprint density at radius 3 is 2.22 bits per heavy atom. The highest BCUT2D eigenvalue weighted by Gasteiger charge is 2.36. The quantitative estimate of drug-likeness (QED) is 0.493. The van der Waals surface area contributed by atoms with Gasteiger partial charge in [0.05, 0.1) is 5.56 Å². The molecule has 9 nitrogen and oxygen atoms in total. The lowest BCUT2D eigenvalue weighted by Gasteiger charge is -2.37. The summed E-state index contributed by atoms with van der Waals surface area (Å²) in [7, 11) is -2.30. The number of carbonyl (C=O) groups is 1. The van der Waals surface area contributed by atoms with Gasteiger partial charge in [-0.1, -0.05) is 35.9 Å². The van der Waals surface area contributed by atoms with Crippen molar-refractivity contribution in [3.05, 3.63) is 70.9 Å². The predicted molar refractivity (Wildman–Crippen MR) is 145 cm³/mol. The van der Waals surface area contributed by atoms with Crippen LogP contribution in [0.1, 0.15) is 15.9 Å². The summed E-state index contributed by atoms with van der Waals surface area (Å²) < 4.78 is 30.1. The third kappa shape index (κ3) is 5.18. The van der Waals surface area contributed by atoms with E-state index in [4.69, 9.17) is 11.6 Å². The first kappa shape index (κ1) is 25.6. The molecule has 2 fully saturated rings. The van der Waals surface area contributed by atoms with E-state index in [1.54, 1.807) is 11.9 Å². The van der Waals surface area contributed by atoms with Crippen LogP contribution in [0, 0.1) is 6.92 Å². The summed E-state index contributed by atoms with van der Waals surface area (Å²) >= 11 is 6.19. The molecule has 0 spiro atoms. The van der Waals surface area contributed by atoms with E-state index < -0.39 is 10.0 Å². The number of rotatable bonds is 5. The van der Waals surface area contributed by atoms with Crippen LogP contribution < -0.4 is 9.80 Å². The van der Waals surface area contributed by atoms with Crippen LogP contribution in [0.3, 0.4) is 0 Å². The van der Waals surface area contributed by atoms with Crippen molar-refractivity contribution in [3.8, 4) is 0 Å². The Morgan fingerprint density at radius 1 is 0.892 bits per heavy atom.